The van der Waals surface area contributed by atoms with Crippen LogP contribution in [-0.2, 0) is 11.3 Å². The summed E-state index contributed by atoms with van der Waals surface area (Å²) in [6, 6.07) is 8.08. The predicted octanol–water partition coefficient (Wildman–Crippen LogP) is 3.01. The number of rotatable bonds is 4. The number of hydrogen-bond donors (Lipinski definition) is 2. The molecule has 0 spiro atoms. The highest BCUT2D eigenvalue weighted by atomic mass is 16.6. The number of amides is 1. The van der Waals surface area contributed by atoms with Gasteiger partial charge in [-0.1, -0.05) is 12.1 Å². The quantitative estimate of drug-likeness (QED) is 0.837. The lowest BCUT2D eigenvalue weighted by molar-refractivity contribution is 0.0509. The normalized spacial score (nSPS) is 17.0. The maximum Gasteiger partial charge on any atom is 0.407 e. The first-order chi connectivity index (χ1) is 10.8. The summed E-state index contributed by atoms with van der Waals surface area (Å²) in [5.74, 6) is 0.533. The minimum atomic E-state index is -0.438. The molecule has 1 aliphatic rings. The van der Waals surface area contributed by atoms with E-state index in [0.29, 0.717) is 12.5 Å². The number of ether oxygens (including phenoxy) is 1. The molecule has 5 nitrogen and oxygen atoms in total. The van der Waals surface area contributed by atoms with E-state index in [4.69, 9.17) is 10.5 Å². The summed E-state index contributed by atoms with van der Waals surface area (Å²) in [5, 5.41) is 2.89. The van der Waals surface area contributed by atoms with E-state index in [1.54, 1.807) is 0 Å². The Hall–Kier alpha value is -1.75. The first-order valence-electron chi connectivity index (χ1n) is 8.35. The number of nitrogens with zero attached hydrogens (tertiary/aromatic N) is 1. The van der Waals surface area contributed by atoms with Crippen LogP contribution in [0.25, 0.3) is 0 Å². The molecular weight excluding hydrogens is 290 g/mol. The molecule has 1 aromatic carbocycles. The number of alkyl carbamates (subject to hydrolysis) is 1. The molecule has 3 N–H and O–H groups in total. The Balaban J connectivity index is 1.67. The van der Waals surface area contributed by atoms with Gasteiger partial charge in [0.05, 0.1) is 0 Å². The molecular formula is C18H29N3O2. The smallest absolute Gasteiger partial charge is 0.407 e. The highest BCUT2D eigenvalue weighted by Crippen LogP contribution is 2.19. The molecule has 1 fully saturated rings. The molecule has 0 aliphatic carbocycles. The molecule has 128 valence electrons. The summed E-state index contributed by atoms with van der Waals surface area (Å²) in [6.07, 6.45) is 1.89. The Morgan fingerprint density at radius 3 is 2.43 bits per heavy atom. The van der Waals surface area contributed by atoms with E-state index in [1.165, 1.54) is 5.56 Å². The first-order valence-corrected chi connectivity index (χ1v) is 8.35. The average Bonchev–Trinajstić information content (AvgIpc) is 2.47. The van der Waals surface area contributed by atoms with Gasteiger partial charge in [-0.25, -0.2) is 4.79 Å². The van der Waals surface area contributed by atoms with Crippen molar-refractivity contribution >= 4 is 11.8 Å². The molecule has 0 radical (unpaired) electrons. The van der Waals surface area contributed by atoms with E-state index >= 15 is 0 Å². The van der Waals surface area contributed by atoms with Gasteiger partial charge >= 0.3 is 6.09 Å². The number of anilines is 1. The SMILES string of the molecule is CC(C)(C)OC(=O)NCC1CCN(Cc2ccc(N)cc2)CC1. The molecule has 1 aromatic rings. The monoisotopic (exact) mass is 319 g/mol. The molecule has 5 heteroatoms. The first kappa shape index (κ1) is 17.6. The Kier molecular flexibility index (Phi) is 5.88. The van der Waals surface area contributed by atoms with Crippen LogP contribution in [0.15, 0.2) is 24.3 Å². The van der Waals surface area contributed by atoms with Gasteiger partial charge in [-0.15, -0.1) is 0 Å². The molecule has 0 unspecified atom stereocenters. The molecule has 23 heavy (non-hydrogen) atoms. The van der Waals surface area contributed by atoms with Crippen molar-refractivity contribution in [2.45, 2.75) is 45.8 Å². The number of nitrogen functional groups attached to an aromatic ring is 1. The van der Waals surface area contributed by atoms with E-state index < -0.39 is 5.60 Å². The van der Waals surface area contributed by atoms with E-state index in [2.05, 4.69) is 22.3 Å². The van der Waals surface area contributed by atoms with Crippen molar-refractivity contribution in [3.8, 4) is 0 Å². The maximum atomic E-state index is 11.7. The van der Waals surface area contributed by atoms with Gasteiger partial charge in [0.1, 0.15) is 5.60 Å². The van der Waals surface area contributed by atoms with Crippen molar-refractivity contribution in [3.05, 3.63) is 29.8 Å². The third-order valence-electron chi connectivity index (χ3n) is 4.03. The Morgan fingerprint density at radius 2 is 1.87 bits per heavy atom. The predicted molar refractivity (Wildman–Crippen MR) is 93.1 cm³/mol. The van der Waals surface area contributed by atoms with E-state index in [-0.39, 0.29) is 6.09 Å². The Morgan fingerprint density at radius 1 is 1.26 bits per heavy atom. The number of piperidine rings is 1. The topological polar surface area (TPSA) is 67.6 Å². The minimum absolute atomic E-state index is 0.318. The summed E-state index contributed by atoms with van der Waals surface area (Å²) < 4.78 is 5.27. The molecule has 0 aromatic heterocycles. The van der Waals surface area contributed by atoms with Gasteiger partial charge in [0, 0.05) is 18.8 Å². The van der Waals surface area contributed by atoms with Crippen molar-refractivity contribution in [1.82, 2.24) is 10.2 Å². The van der Waals surface area contributed by atoms with Crippen LogP contribution in [0, 0.1) is 5.92 Å². The van der Waals surface area contributed by atoms with Crippen molar-refractivity contribution in [2.24, 2.45) is 5.92 Å². The average molecular weight is 319 g/mol. The zero-order valence-corrected chi connectivity index (χ0v) is 14.5. The summed E-state index contributed by atoms with van der Waals surface area (Å²) in [4.78, 5) is 14.1. The van der Waals surface area contributed by atoms with Gasteiger partial charge in [0.25, 0.3) is 0 Å². The van der Waals surface area contributed by atoms with Crippen LogP contribution in [0.3, 0.4) is 0 Å². The number of likely N-dealkylation sites (tertiary alicyclic amines) is 1. The van der Waals surface area contributed by atoms with Gasteiger partial charge < -0.3 is 15.8 Å². The molecule has 1 heterocycles. The molecule has 1 aliphatic heterocycles. The molecule has 0 atom stereocenters. The van der Waals surface area contributed by atoms with Gasteiger partial charge in [0.2, 0.25) is 0 Å². The molecule has 1 amide bonds. The molecule has 1 saturated heterocycles. The largest absolute Gasteiger partial charge is 0.444 e. The van der Waals surface area contributed by atoms with Crippen molar-refractivity contribution in [2.75, 3.05) is 25.4 Å². The summed E-state index contributed by atoms with van der Waals surface area (Å²) in [6.45, 7) is 9.42. The Bertz CT molecular complexity index is 500. The molecule has 2 rings (SSSR count). The van der Waals surface area contributed by atoms with Crippen molar-refractivity contribution in [3.63, 3.8) is 0 Å². The number of nitrogens with two attached hydrogens (primary N) is 1. The fourth-order valence-corrected chi connectivity index (χ4v) is 2.77. The van der Waals surface area contributed by atoms with Crippen molar-refractivity contribution < 1.29 is 9.53 Å². The third kappa shape index (κ3) is 6.48. The maximum absolute atomic E-state index is 11.7. The van der Waals surface area contributed by atoms with Crippen LogP contribution in [-0.4, -0.2) is 36.2 Å². The number of carbonyl (C=O) groups is 1. The van der Waals surface area contributed by atoms with Crippen LogP contribution in [0.2, 0.25) is 0 Å². The van der Waals surface area contributed by atoms with Crippen molar-refractivity contribution in [1.29, 1.82) is 0 Å². The zero-order valence-electron chi connectivity index (χ0n) is 14.5. The van der Waals surface area contributed by atoms with Gasteiger partial charge in [-0.2, -0.15) is 0 Å². The van der Waals surface area contributed by atoms with E-state index in [1.807, 2.05) is 32.9 Å². The van der Waals surface area contributed by atoms with Crippen LogP contribution in [0.1, 0.15) is 39.2 Å². The number of hydrogen-bond acceptors (Lipinski definition) is 4. The summed E-state index contributed by atoms with van der Waals surface area (Å²) >= 11 is 0. The fourth-order valence-electron chi connectivity index (χ4n) is 2.77. The standard InChI is InChI=1S/C18H29N3O2/c1-18(2,3)23-17(22)20-12-14-8-10-21(11-9-14)13-15-4-6-16(19)7-5-15/h4-7,14H,8-13,19H2,1-3H3,(H,20,22). The lowest BCUT2D eigenvalue weighted by Gasteiger charge is -2.32. The van der Waals surface area contributed by atoms with Crippen LogP contribution in [0.5, 0.6) is 0 Å². The number of benzene rings is 1. The van der Waals surface area contributed by atoms with Gasteiger partial charge in [-0.3, -0.25) is 4.90 Å². The van der Waals surface area contributed by atoms with E-state index in [0.717, 1.165) is 38.2 Å². The third-order valence-corrected chi connectivity index (χ3v) is 4.03. The number of nitrogens with one attached hydrogen (secondary N) is 1. The van der Waals surface area contributed by atoms with Crippen LogP contribution >= 0.6 is 0 Å². The number of carbonyl (C=O) groups excluding carboxylic acids is 1. The minimum Gasteiger partial charge on any atom is -0.444 e. The molecule has 0 saturated carbocycles. The van der Waals surface area contributed by atoms with Gasteiger partial charge in [0.15, 0.2) is 0 Å². The fraction of sp³-hybridized carbons (Fsp3) is 0.611. The van der Waals surface area contributed by atoms with E-state index in [9.17, 15) is 4.79 Å². The lowest BCUT2D eigenvalue weighted by atomic mass is 9.96. The Labute approximate surface area is 139 Å². The second-order valence-corrected chi connectivity index (χ2v) is 7.34. The zero-order chi connectivity index (χ0) is 16.9. The summed E-state index contributed by atoms with van der Waals surface area (Å²) in [7, 11) is 0. The second kappa shape index (κ2) is 7.68. The second-order valence-electron chi connectivity index (χ2n) is 7.34. The highest BCUT2D eigenvalue weighted by Gasteiger charge is 2.21. The highest BCUT2D eigenvalue weighted by molar-refractivity contribution is 5.67. The lowest BCUT2D eigenvalue weighted by Crippen LogP contribution is -2.40. The molecule has 0 bridgehead atoms. The van der Waals surface area contributed by atoms with Crippen LogP contribution in [0.4, 0.5) is 10.5 Å². The van der Waals surface area contributed by atoms with Crippen LogP contribution < -0.4 is 11.1 Å². The van der Waals surface area contributed by atoms with Gasteiger partial charge in [-0.05, 0) is 70.3 Å². The summed E-state index contributed by atoms with van der Waals surface area (Å²) in [5.41, 5.74) is 7.38.